The summed E-state index contributed by atoms with van der Waals surface area (Å²) in [5.74, 6) is 3.40. The lowest BCUT2D eigenvalue weighted by atomic mass is 10.1. The molecule has 3 aromatic rings. The number of nitrogens with zero attached hydrogens (tertiary/aromatic N) is 2. The third-order valence-electron chi connectivity index (χ3n) is 4.42. The summed E-state index contributed by atoms with van der Waals surface area (Å²) in [4.78, 5) is 23.3. The van der Waals surface area contributed by atoms with Gasteiger partial charge >= 0.3 is 0 Å². The van der Waals surface area contributed by atoms with Crippen molar-refractivity contribution in [2.24, 2.45) is 5.73 Å². The number of halogens is 1. The number of anilines is 1. The number of methoxy groups -OCH3 is 1. The molecule has 3 N–H and O–H groups in total. The van der Waals surface area contributed by atoms with Crippen molar-refractivity contribution >= 4 is 17.5 Å². The second kappa shape index (κ2) is 8.49. The molecule has 0 unspecified atom stereocenters. The molecule has 0 bridgehead atoms. The molecule has 2 aromatic carbocycles. The average molecular weight is 406 g/mol. The second-order valence-electron chi connectivity index (χ2n) is 6.39. The lowest BCUT2D eigenvalue weighted by molar-refractivity contribution is -0.111. The molecule has 1 aromatic heterocycles. The highest BCUT2D eigenvalue weighted by atomic mass is 19.1. The Hall–Kier alpha value is -4.12. The van der Waals surface area contributed by atoms with E-state index in [4.69, 9.17) is 10.5 Å². The molecule has 0 radical (unpaired) electrons. The molecular formula is C22H19FN4O3. The van der Waals surface area contributed by atoms with Crippen LogP contribution in [-0.2, 0) is 4.79 Å². The Kier molecular flexibility index (Phi) is 5.83. The van der Waals surface area contributed by atoms with Crippen molar-refractivity contribution in [3.05, 3.63) is 59.7 Å². The van der Waals surface area contributed by atoms with Gasteiger partial charge in [-0.25, -0.2) is 4.68 Å². The molecule has 2 amide bonds. The van der Waals surface area contributed by atoms with E-state index in [-0.39, 0.29) is 16.9 Å². The maximum atomic E-state index is 14.6. The Morgan fingerprint density at radius 1 is 1.23 bits per heavy atom. The van der Waals surface area contributed by atoms with Gasteiger partial charge in [0.2, 0.25) is 5.95 Å². The van der Waals surface area contributed by atoms with Crippen LogP contribution in [0.15, 0.2) is 42.6 Å². The summed E-state index contributed by atoms with van der Waals surface area (Å²) in [5, 5.41) is 6.63. The van der Waals surface area contributed by atoms with E-state index in [1.54, 1.807) is 31.2 Å². The number of aryl methyl sites for hydroxylation is 1. The number of hydrogen-bond acceptors (Lipinski definition) is 4. The minimum atomic E-state index is -0.702. The minimum absolute atomic E-state index is 0.197. The van der Waals surface area contributed by atoms with Gasteiger partial charge in [-0.15, -0.1) is 5.10 Å². The fraction of sp³-hybridized carbons (Fsp3) is 0.136. The summed E-state index contributed by atoms with van der Waals surface area (Å²) < 4.78 is 21.2. The van der Waals surface area contributed by atoms with Crippen LogP contribution in [0.1, 0.15) is 22.8 Å². The normalized spacial score (nSPS) is 10.1. The highest BCUT2D eigenvalue weighted by Crippen LogP contribution is 2.30. The van der Waals surface area contributed by atoms with Gasteiger partial charge in [-0.3, -0.25) is 9.59 Å². The minimum Gasteiger partial charge on any atom is -0.496 e. The number of benzene rings is 2. The first-order chi connectivity index (χ1) is 14.3. The molecule has 8 heteroatoms. The number of rotatable bonds is 5. The predicted octanol–water partition coefficient (Wildman–Crippen LogP) is 3.06. The van der Waals surface area contributed by atoms with Gasteiger partial charge in [0.25, 0.3) is 11.8 Å². The van der Waals surface area contributed by atoms with E-state index in [2.05, 4.69) is 22.3 Å². The van der Waals surface area contributed by atoms with Crippen LogP contribution in [0.5, 0.6) is 5.75 Å². The van der Waals surface area contributed by atoms with E-state index in [9.17, 15) is 14.0 Å². The van der Waals surface area contributed by atoms with Gasteiger partial charge in [-0.2, -0.15) is 4.39 Å². The third kappa shape index (κ3) is 4.15. The van der Waals surface area contributed by atoms with Crippen molar-refractivity contribution in [2.45, 2.75) is 13.8 Å². The van der Waals surface area contributed by atoms with Crippen LogP contribution in [0, 0.1) is 24.7 Å². The summed E-state index contributed by atoms with van der Waals surface area (Å²) in [6.07, 6.45) is 1.51. The smallest absolute Gasteiger partial charge is 0.300 e. The zero-order valence-corrected chi connectivity index (χ0v) is 16.6. The SMILES string of the molecule is CC#CC(=O)Nc1cc(-n2cc(-c3ccc(C(N)=O)c(OC)c3)c(F)n2)ccc1C. The zero-order valence-electron chi connectivity index (χ0n) is 16.6. The molecule has 30 heavy (non-hydrogen) atoms. The Balaban J connectivity index is 2.00. The van der Waals surface area contributed by atoms with Crippen molar-refractivity contribution in [1.29, 1.82) is 0 Å². The highest BCUT2D eigenvalue weighted by molar-refractivity contribution is 6.04. The van der Waals surface area contributed by atoms with Crippen molar-refractivity contribution in [3.63, 3.8) is 0 Å². The maximum Gasteiger partial charge on any atom is 0.300 e. The first-order valence-electron chi connectivity index (χ1n) is 8.92. The zero-order chi connectivity index (χ0) is 21.8. The van der Waals surface area contributed by atoms with Crippen LogP contribution in [0.2, 0.25) is 0 Å². The summed E-state index contributed by atoms with van der Waals surface area (Å²) in [5.41, 5.74) is 8.12. The Morgan fingerprint density at radius 2 is 2.00 bits per heavy atom. The van der Waals surface area contributed by atoms with E-state index in [1.165, 1.54) is 30.1 Å². The van der Waals surface area contributed by atoms with Crippen LogP contribution in [-0.4, -0.2) is 28.7 Å². The van der Waals surface area contributed by atoms with Crippen LogP contribution in [0.25, 0.3) is 16.8 Å². The molecule has 3 rings (SSSR count). The number of nitrogens with two attached hydrogens (primary N) is 1. The van der Waals surface area contributed by atoms with Crippen LogP contribution in [0.3, 0.4) is 0 Å². The van der Waals surface area contributed by atoms with Crippen LogP contribution < -0.4 is 15.8 Å². The fourth-order valence-electron chi connectivity index (χ4n) is 2.90. The molecule has 0 atom stereocenters. The van der Waals surface area contributed by atoms with E-state index in [0.29, 0.717) is 16.9 Å². The molecule has 0 saturated carbocycles. The number of ether oxygens (including phenoxy) is 1. The van der Waals surface area contributed by atoms with Gasteiger partial charge in [-0.1, -0.05) is 18.1 Å². The van der Waals surface area contributed by atoms with Crippen molar-refractivity contribution in [3.8, 4) is 34.4 Å². The molecule has 0 spiro atoms. The number of amides is 2. The number of nitrogens with one attached hydrogen (secondary N) is 1. The number of carbonyl (C=O) groups is 2. The quantitative estimate of drug-likeness (QED) is 0.636. The van der Waals surface area contributed by atoms with E-state index in [1.807, 2.05) is 6.92 Å². The van der Waals surface area contributed by atoms with E-state index < -0.39 is 17.8 Å². The first-order valence-corrected chi connectivity index (χ1v) is 8.92. The molecular weight excluding hydrogens is 387 g/mol. The molecule has 152 valence electrons. The summed E-state index contributed by atoms with van der Waals surface area (Å²) in [6, 6.07) is 9.78. The number of carbonyl (C=O) groups excluding carboxylic acids is 2. The third-order valence-corrected chi connectivity index (χ3v) is 4.42. The molecule has 0 aliphatic carbocycles. The summed E-state index contributed by atoms with van der Waals surface area (Å²) in [6.45, 7) is 3.41. The summed E-state index contributed by atoms with van der Waals surface area (Å²) in [7, 11) is 1.40. The maximum absolute atomic E-state index is 14.6. The van der Waals surface area contributed by atoms with Crippen LogP contribution >= 0.6 is 0 Å². The lowest BCUT2D eigenvalue weighted by Crippen LogP contribution is -2.12. The number of primary amides is 1. The average Bonchev–Trinajstić information content (AvgIpc) is 3.10. The molecule has 0 aliphatic rings. The van der Waals surface area contributed by atoms with Gasteiger partial charge in [0, 0.05) is 11.9 Å². The van der Waals surface area contributed by atoms with E-state index >= 15 is 0 Å². The van der Waals surface area contributed by atoms with Crippen molar-refractivity contribution < 1.29 is 18.7 Å². The van der Waals surface area contributed by atoms with Crippen molar-refractivity contribution in [1.82, 2.24) is 9.78 Å². The predicted molar refractivity (Wildman–Crippen MR) is 111 cm³/mol. The lowest BCUT2D eigenvalue weighted by Gasteiger charge is -2.09. The van der Waals surface area contributed by atoms with Gasteiger partial charge in [0.15, 0.2) is 0 Å². The first kappa shape index (κ1) is 20.6. The fourth-order valence-corrected chi connectivity index (χ4v) is 2.90. The Labute approximate surface area is 172 Å². The Morgan fingerprint density at radius 3 is 2.67 bits per heavy atom. The largest absolute Gasteiger partial charge is 0.496 e. The van der Waals surface area contributed by atoms with Gasteiger partial charge in [-0.05, 0) is 55.2 Å². The van der Waals surface area contributed by atoms with Crippen molar-refractivity contribution in [2.75, 3.05) is 12.4 Å². The molecule has 1 heterocycles. The summed E-state index contributed by atoms with van der Waals surface area (Å²) >= 11 is 0. The van der Waals surface area contributed by atoms with Gasteiger partial charge in [0.05, 0.1) is 23.9 Å². The van der Waals surface area contributed by atoms with Gasteiger partial charge in [0.1, 0.15) is 5.75 Å². The van der Waals surface area contributed by atoms with Gasteiger partial charge < -0.3 is 15.8 Å². The second-order valence-corrected chi connectivity index (χ2v) is 6.39. The Bertz CT molecular complexity index is 1200. The highest BCUT2D eigenvalue weighted by Gasteiger charge is 2.16. The molecule has 0 aliphatic heterocycles. The topological polar surface area (TPSA) is 99.2 Å². The molecule has 0 fully saturated rings. The molecule has 7 nitrogen and oxygen atoms in total. The number of aromatic nitrogens is 2. The monoisotopic (exact) mass is 406 g/mol. The van der Waals surface area contributed by atoms with Crippen LogP contribution in [0.4, 0.5) is 10.1 Å². The number of hydrogen-bond donors (Lipinski definition) is 2. The molecule has 0 saturated heterocycles. The van der Waals surface area contributed by atoms with E-state index in [0.717, 1.165) is 5.56 Å². The standard InChI is InChI=1S/C22H19FN4O3/c1-4-5-20(28)25-18-11-15(8-6-13(18)2)27-12-17(21(23)26-27)14-7-9-16(22(24)29)19(10-14)30-3/h6-12H,1-3H3,(H2,24,29)(H,25,28).